The van der Waals surface area contributed by atoms with Gasteiger partial charge in [-0.2, -0.15) is 0 Å². The fourth-order valence-corrected chi connectivity index (χ4v) is 1.95. The molecule has 4 nitrogen and oxygen atoms in total. The van der Waals surface area contributed by atoms with E-state index in [1.165, 1.54) is 0 Å². The highest BCUT2D eigenvalue weighted by atomic mass is 35.5. The number of likely N-dealkylation sites (tertiary alicyclic amines) is 1. The SMILES string of the molecule is Nc1ccc(C(=O)N2CC[C@@H](O)C2)cc1Cl. The summed E-state index contributed by atoms with van der Waals surface area (Å²) in [5.41, 5.74) is 6.53. The molecule has 1 aliphatic heterocycles. The number of carbonyl (C=O) groups is 1. The predicted octanol–water partition coefficient (Wildman–Crippen LogP) is 1.13. The zero-order valence-electron chi connectivity index (χ0n) is 8.69. The van der Waals surface area contributed by atoms with Gasteiger partial charge in [0.1, 0.15) is 0 Å². The highest BCUT2D eigenvalue weighted by Gasteiger charge is 2.25. The van der Waals surface area contributed by atoms with Crippen LogP contribution in [0.1, 0.15) is 16.8 Å². The van der Waals surface area contributed by atoms with Crippen LogP contribution in [0.3, 0.4) is 0 Å². The van der Waals surface area contributed by atoms with Gasteiger partial charge < -0.3 is 15.7 Å². The van der Waals surface area contributed by atoms with Crippen LogP contribution in [0.5, 0.6) is 0 Å². The number of amides is 1. The Balaban J connectivity index is 2.18. The van der Waals surface area contributed by atoms with Gasteiger partial charge in [-0.3, -0.25) is 4.79 Å². The Labute approximate surface area is 98.6 Å². The minimum atomic E-state index is -0.409. The summed E-state index contributed by atoms with van der Waals surface area (Å²) in [6.07, 6.45) is 0.224. The molecule has 1 aliphatic rings. The van der Waals surface area contributed by atoms with Gasteiger partial charge in [-0.05, 0) is 24.6 Å². The Hall–Kier alpha value is -1.26. The number of benzene rings is 1. The molecule has 0 aromatic heterocycles. The van der Waals surface area contributed by atoms with Crippen molar-refractivity contribution in [2.24, 2.45) is 0 Å². The van der Waals surface area contributed by atoms with Gasteiger partial charge in [0.05, 0.1) is 16.8 Å². The molecule has 0 unspecified atom stereocenters. The van der Waals surface area contributed by atoms with Gasteiger partial charge >= 0.3 is 0 Å². The smallest absolute Gasteiger partial charge is 0.253 e. The van der Waals surface area contributed by atoms with Crippen molar-refractivity contribution in [1.82, 2.24) is 4.90 Å². The van der Waals surface area contributed by atoms with E-state index in [9.17, 15) is 9.90 Å². The molecule has 0 spiro atoms. The predicted molar refractivity (Wildman–Crippen MR) is 62.4 cm³/mol. The number of nitrogens with two attached hydrogens (primary N) is 1. The molecule has 1 atom stereocenters. The van der Waals surface area contributed by atoms with Crippen molar-refractivity contribution in [3.05, 3.63) is 28.8 Å². The van der Waals surface area contributed by atoms with Crippen molar-refractivity contribution >= 4 is 23.2 Å². The molecular weight excluding hydrogens is 228 g/mol. The Morgan fingerprint density at radius 3 is 2.88 bits per heavy atom. The number of halogens is 1. The Morgan fingerprint density at radius 2 is 2.31 bits per heavy atom. The number of nitrogen functional groups attached to an aromatic ring is 1. The fourth-order valence-electron chi connectivity index (χ4n) is 1.77. The second-order valence-electron chi connectivity index (χ2n) is 3.93. The van der Waals surface area contributed by atoms with Crippen LogP contribution >= 0.6 is 11.6 Å². The third-order valence-electron chi connectivity index (χ3n) is 2.70. The van der Waals surface area contributed by atoms with Crippen molar-refractivity contribution in [2.75, 3.05) is 18.8 Å². The van der Waals surface area contributed by atoms with Gasteiger partial charge in [0.2, 0.25) is 0 Å². The quantitative estimate of drug-likeness (QED) is 0.724. The van der Waals surface area contributed by atoms with Crippen LogP contribution in [0.4, 0.5) is 5.69 Å². The summed E-state index contributed by atoms with van der Waals surface area (Å²) in [5.74, 6) is -0.113. The standard InChI is InChI=1S/C11H13ClN2O2/c12-9-5-7(1-2-10(9)13)11(16)14-4-3-8(15)6-14/h1-2,5,8,15H,3-4,6,13H2/t8-/m1/s1. The number of β-amino-alcohol motifs (C(OH)–C–C–N with tert-alkyl or cyclic N) is 1. The molecule has 0 aliphatic carbocycles. The van der Waals surface area contributed by atoms with E-state index in [1.807, 2.05) is 0 Å². The molecule has 3 N–H and O–H groups in total. The molecule has 5 heteroatoms. The highest BCUT2D eigenvalue weighted by molar-refractivity contribution is 6.33. The zero-order valence-corrected chi connectivity index (χ0v) is 9.44. The first-order valence-electron chi connectivity index (χ1n) is 5.10. The first-order chi connectivity index (χ1) is 7.58. The number of anilines is 1. The Bertz CT molecular complexity index is 422. The number of carbonyl (C=O) groups excluding carboxylic acids is 1. The van der Waals surface area contributed by atoms with E-state index in [0.717, 1.165) is 0 Å². The van der Waals surface area contributed by atoms with Gasteiger partial charge in [-0.1, -0.05) is 11.6 Å². The van der Waals surface area contributed by atoms with Crippen LogP contribution in [0.25, 0.3) is 0 Å². The molecule has 0 radical (unpaired) electrons. The molecule has 0 bridgehead atoms. The largest absolute Gasteiger partial charge is 0.398 e. The Kier molecular flexibility index (Phi) is 3.03. The summed E-state index contributed by atoms with van der Waals surface area (Å²) in [6, 6.07) is 4.82. The van der Waals surface area contributed by atoms with Crippen molar-refractivity contribution in [1.29, 1.82) is 0 Å². The number of hydrogen-bond donors (Lipinski definition) is 2. The monoisotopic (exact) mass is 240 g/mol. The molecule has 1 fully saturated rings. The molecule has 1 aromatic rings. The number of rotatable bonds is 1. The van der Waals surface area contributed by atoms with Crippen LogP contribution in [-0.2, 0) is 0 Å². The van der Waals surface area contributed by atoms with Crippen LogP contribution in [0.2, 0.25) is 5.02 Å². The highest BCUT2D eigenvalue weighted by Crippen LogP contribution is 2.21. The average molecular weight is 241 g/mol. The van der Waals surface area contributed by atoms with Gasteiger partial charge in [-0.15, -0.1) is 0 Å². The van der Waals surface area contributed by atoms with Crippen molar-refractivity contribution < 1.29 is 9.90 Å². The summed E-state index contributed by atoms with van der Waals surface area (Å²) in [4.78, 5) is 13.6. The second kappa shape index (κ2) is 4.31. The topological polar surface area (TPSA) is 66.6 Å². The molecule has 1 saturated heterocycles. The maximum atomic E-state index is 12.0. The molecule has 1 amide bonds. The van der Waals surface area contributed by atoms with Gasteiger partial charge in [-0.25, -0.2) is 0 Å². The summed E-state index contributed by atoms with van der Waals surface area (Å²) in [5, 5.41) is 9.73. The number of nitrogens with zero attached hydrogens (tertiary/aromatic N) is 1. The molecular formula is C11H13ClN2O2. The lowest BCUT2D eigenvalue weighted by atomic mass is 10.2. The van der Waals surface area contributed by atoms with E-state index in [0.29, 0.717) is 35.8 Å². The van der Waals surface area contributed by atoms with Crippen LogP contribution in [-0.4, -0.2) is 35.1 Å². The lowest BCUT2D eigenvalue weighted by Gasteiger charge is -2.15. The Morgan fingerprint density at radius 1 is 1.56 bits per heavy atom. The van der Waals surface area contributed by atoms with E-state index in [2.05, 4.69) is 0 Å². The van der Waals surface area contributed by atoms with Gasteiger partial charge in [0.25, 0.3) is 5.91 Å². The number of aliphatic hydroxyl groups excluding tert-OH is 1. The molecule has 1 aromatic carbocycles. The zero-order chi connectivity index (χ0) is 11.7. The number of aliphatic hydroxyl groups is 1. The van der Waals surface area contributed by atoms with Crippen molar-refractivity contribution in [3.8, 4) is 0 Å². The lowest BCUT2D eigenvalue weighted by Crippen LogP contribution is -2.29. The summed E-state index contributed by atoms with van der Waals surface area (Å²) < 4.78 is 0. The normalized spacial score (nSPS) is 20.1. The maximum absolute atomic E-state index is 12.0. The summed E-state index contributed by atoms with van der Waals surface area (Å²) >= 11 is 5.85. The molecule has 0 saturated carbocycles. The first-order valence-corrected chi connectivity index (χ1v) is 5.48. The van der Waals surface area contributed by atoms with E-state index in [4.69, 9.17) is 17.3 Å². The van der Waals surface area contributed by atoms with Crippen LogP contribution in [0, 0.1) is 0 Å². The minimum absolute atomic E-state index is 0.113. The summed E-state index contributed by atoms with van der Waals surface area (Å²) in [7, 11) is 0. The minimum Gasteiger partial charge on any atom is -0.398 e. The fraction of sp³-hybridized carbons (Fsp3) is 0.364. The van der Waals surface area contributed by atoms with E-state index >= 15 is 0 Å². The molecule has 16 heavy (non-hydrogen) atoms. The van der Waals surface area contributed by atoms with Crippen LogP contribution < -0.4 is 5.73 Å². The number of hydrogen-bond acceptors (Lipinski definition) is 3. The molecule has 1 heterocycles. The van der Waals surface area contributed by atoms with E-state index in [1.54, 1.807) is 23.1 Å². The van der Waals surface area contributed by atoms with E-state index in [-0.39, 0.29) is 5.91 Å². The third-order valence-corrected chi connectivity index (χ3v) is 3.03. The second-order valence-corrected chi connectivity index (χ2v) is 4.34. The first kappa shape index (κ1) is 11.2. The van der Waals surface area contributed by atoms with Gasteiger partial charge in [0.15, 0.2) is 0 Å². The lowest BCUT2D eigenvalue weighted by molar-refractivity contribution is 0.0765. The van der Waals surface area contributed by atoms with Gasteiger partial charge in [0, 0.05) is 18.7 Å². The molecule has 2 rings (SSSR count). The third kappa shape index (κ3) is 2.13. The average Bonchev–Trinajstić information content (AvgIpc) is 2.68. The molecule has 86 valence electrons. The summed E-state index contributed by atoms with van der Waals surface area (Å²) in [6.45, 7) is 0.975. The van der Waals surface area contributed by atoms with Crippen LogP contribution in [0.15, 0.2) is 18.2 Å². The van der Waals surface area contributed by atoms with Crippen molar-refractivity contribution in [3.63, 3.8) is 0 Å². The maximum Gasteiger partial charge on any atom is 0.253 e. The van der Waals surface area contributed by atoms with Crippen molar-refractivity contribution in [2.45, 2.75) is 12.5 Å². The van der Waals surface area contributed by atoms with E-state index < -0.39 is 6.10 Å².